The van der Waals surface area contributed by atoms with Gasteiger partial charge in [0.25, 0.3) is 0 Å². The molecule has 0 radical (unpaired) electrons. The van der Waals surface area contributed by atoms with Crippen molar-refractivity contribution in [1.82, 2.24) is 0 Å². The second-order valence-corrected chi connectivity index (χ2v) is 6.34. The Kier molecular flexibility index (Phi) is 5.10. The summed E-state index contributed by atoms with van der Waals surface area (Å²) >= 11 is 7.56. The summed E-state index contributed by atoms with van der Waals surface area (Å²) in [4.78, 5) is 13.1. The highest BCUT2D eigenvalue weighted by atomic mass is 35.5. The highest BCUT2D eigenvalue weighted by Gasteiger charge is 2.15. The van der Waals surface area contributed by atoms with Crippen LogP contribution < -0.4 is 5.32 Å². The summed E-state index contributed by atoms with van der Waals surface area (Å²) < 4.78 is 0. The molecule has 0 heterocycles. The summed E-state index contributed by atoms with van der Waals surface area (Å²) in [5, 5.41) is 3.38. The molecule has 2 aromatic carbocycles. The molecule has 0 fully saturated rings. The number of carbonyl (C=O) groups excluding carboxylic acids is 1. The van der Waals surface area contributed by atoms with Crippen LogP contribution in [0.1, 0.15) is 12.5 Å². The Morgan fingerprint density at radius 2 is 1.95 bits per heavy atom. The first-order valence-electron chi connectivity index (χ1n) is 6.35. The highest BCUT2D eigenvalue weighted by molar-refractivity contribution is 8.00. The van der Waals surface area contributed by atoms with Gasteiger partial charge in [0.05, 0.1) is 10.3 Å². The first kappa shape index (κ1) is 14.9. The van der Waals surface area contributed by atoms with Crippen LogP contribution in [0.5, 0.6) is 0 Å². The zero-order valence-corrected chi connectivity index (χ0v) is 13.0. The van der Waals surface area contributed by atoms with Crippen molar-refractivity contribution in [3.63, 3.8) is 0 Å². The number of aryl methyl sites for hydroxylation is 1. The van der Waals surface area contributed by atoms with E-state index in [2.05, 4.69) is 5.32 Å². The van der Waals surface area contributed by atoms with Gasteiger partial charge < -0.3 is 5.32 Å². The minimum Gasteiger partial charge on any atom is -0.325 e. The van der Waals surface area contributed by atoms with E-state index < -0.39 is 0 Å². The number of nitrogens with one attached hydrogen (secondary N) is 1. The van der Waals surface area contributed by atoms with Crippen LogP contribution in [-0.2, 0) is 4.79 Å². The van der Waals surface area contributed by atoms with Crippen LogP contribution in [0.2, 0.25) is 5.02 Å². The van der Waals surface area contributed by atoms with Crippen molar-refractivity contribution in [2.75, 3.05) is 5.32 Å². The first-order chi connectivity index (χ1) is 9.56. The average molecular weight is 306 g/mol. The Morgan fingerprint density at radius 1 is 1.20 bits per heavy atom. The normalized spacial score (nSPS) is 11.9. The second kappa shape index (κ2) is 6.82. The molecule has 0 spiro atoms. The van der Waals surface area contributed by atoms with Crippen LogP contribution in [0.3, 0.4) is 0 Å². The summed E-state index contributed by atoms with van der Waals surface area (Å²) in [6.45, 7) is 3.87. The molecular formula is C16H16ClNOS. The third kappa shape index (κ3) is 4.02. The van der Waals surface area contributed by atoms with Crippen molar-refractivity contribution in [2.45, 2.75) is 24.0 Å². The number of hydrogen-bond donors (Lipinski definition) is 1. The Hall–Kier alpha value is -1.45. The molecule has 1 unspecified atom stereocenters. The standard InChI is InChI=1S/C16H16ClNOS/c1-11-6-5-7-13(10-11)18-16(19)12(2)20-15-9-4-3-8-14(15)17/h3-10,12H,1-2H3,(H,18,19). The van der Waals surface area contributed by atoms with Gasteiger partial charge in [0.1, 0.15) is 0 Å². The first-order valence-corrected chi connectivity index (χ1v) is 7.61. The van der Waals surface area contributed by atoms with Crippen LogP contribution in [0, 0.1) is 6.92 Å². The molecule has 1 amide bonds. The molecule has 0 aromatic heterocycles. The Balaban J connectivity index is 2.01. The molecule has 2 rings (SSSR count). The van der Waals surface area contributed by atoms with E-state index in [1.54, 1.807) is 0 Å². The van der Waals surface area contributed by atoms with E-state index in [0.29, 0.717) is 5.02 Å². The van der Waals surface area contributed by atoms with Gasteiger partial charge in [-0.3, -0.25) is 4.79 Å². The summed E-state index contributed by atoms with van der Waals surface area (Å²) in [5.41, 5.74) is 1.94. The van der Waals surface area contributed by atoms with Crippen LogP contribution in [0.4, 0.5) is 5.69 Å². The molecule has 0 saturated heterocycles. The zero-order chi connectivity index (χ0) is 14.5. The molecular weight excluding hydrogens is 290 g/mol. The van der Waals surface area contributed by atoms with E-state index in [0.717, 1.165) is 16.1 Å². The van der Waals surface area contributed by atoms with Crippen LogP contribution in [0.25, 0.3) is 0 Å². The topological polar surface area (TPSA) is 29.1 Å². The van der Waals surface area contributed by atoms with Crippen LogP contribution in [0.15, 0.2) is 53.4 Å². The van der Waals surface area contributed by atoms with Crippen molar-refractivity contribution in [2.24, 2.45) is 0 Å². The van der Waals surface area contributed by atoms with Gasteiger partial charge in [0.15, 0.2) is 0 Å². The lowest BCUT2D eigenvalue weighted by Gasteiger charge is -2.13. The largest absolute Gasteiger partial charge is 0.325 e. The molecule has 4 heteroatoms. The van der Waals surface area contributed by atoms with E-state index in [1.165, 1.54) is 11.8 Å². The van der Waals surface area contributed by atoms with Gasteiger partial charge in [-0.1, -0.05) is 35.9 Å². The molecule has 0 bridgehead atoms. The fraction of sp³-hybridized carbons (Fsp3) is 0.188. The highest BCUT2D eigenvalue weighted by Crippen LogP contribution is 2.30. The summed E-state index contributed by atoms with van der Waals surface area (Å²) in [5.74, 6) is -0.0273. The zero-order valence-electron chi connectivity index (χ0n) is 11.4. The Bertz CT molecular complexity index is 615. The van der Waals surface area contributed by atoms with Gasteiger partial charge in [-0.05, 0) is 43.7 Å². The smallest absolute Gasteiger partial charge is 0.237 e. The van der Waals surface area contributed by atoms with Gasteiger partial charge in [0.2, 0.25) is 5.91 Å². The lowest BCUT2D eigenvalue weighted by molar-refractivity contribution is -0.115. The fourth-order valence-electron chi connectivity index (χ4n) is 1.75. The molecule has 20 heavy (non-hydrogen) atoms. The van der Waals surface area contributed by atoms with Gasteiger partial charge in [-0.25, -0.2) is 0 Å². The number of thioether (sulfide) groups is 1. The molecule has 0 aliphatic carbocycles. The van der Waals surface area contributed by atoms with E-state index in [9.17, 15) is 4.79 Å². The van der Waals surface area contributed by atoms with E-state index in [-0.39, 0.29) is 11.2 Å². The lowest BCUT2D eigenvalue weighted by Crippen LogP contribution is -2.22. The SMILES string of the molecule is Cc1cccc(NC(=O)C(C)Sc2ccccc2Cl)c1. The minimum atomic E-state index is -0.213. The van der Waals surface area contributed by atoms with E-state index >= 15 is 0 Å². The monoisotopic (exact) mass is 305 g/mol. The van der Waals surface area contributed by atoms with Crippen LogP contribution in [-0.4, -0.2) is 11.2 Å². The summed E-state index contributed by atoms with van der Waals surface area (Å²) in [7, 11) is 0. The number of amides is 1. The molecule has 104 valence electrons. The lowest BCUT2D eigenvalue weighted by atomic mass is 10.2. The second-order valence-electron chi connectivity index (χ2n) is 4.55. The van der Waals surface area contributed by atoms with Crippen molar-refractivity contribution < 1.29 is 4.79 Å². The number of carbonyl (C=O) groups is 1. The third-order valence-electron chi connectivity index (χ3n) is 2.80. The maximum absolute atomic E-state index is 12.2. The molecule has 0 aliphatic rings. The number of rotatable bonds is 4. The minimum absolute atomic E-state index is 0.0273. The summed E-state index contributed by atoms with van der Waals surface area (Å²) in [6, 6.07) is 15.3. The summed E-state index contributed by atoms with van der Waals surface area (Å²) in [6.07, 6.45) is 0. The van der Waals surface area contributed by atoms with Crippen LogP contribution >= 0.6 is 23.4 Å². The maximum atomic E-state index is 12.2. The number of hydrogen-bond acceptors (Lipinski definition) is 2. The van der Waals surface area contributed by atoms with Crippen molar-refractivity contribution >= 4 is 35.0 Å². The molecule has 0 saturated carbocycles. The van der Waals surface area contributed by atoms with Crippen molar-refractivity contribution in [3.05, 3.63) is 59.1 Å². The Labute approximate surface area is 128 Å². The van der Waals surface area contributed by atoms with Gasteiger partial charge in [0, 0.05) is 10.6 Å². The van der Waals surface area contributed by atoms with Crippen molar-refractivity contribution in [1.29, 1.82) is 0 Å². The fourth-order valence-corrected chi connectivity index (χ4v) is 2.90. The van der Waals surface area contributed by atoms with Gasteiger partial charge in [-0.2, -0.15) is 0 Å². The van der Waals surface area contributed by atoms with E-state index in [4.69, 9.17) is 11.6 Å². The quantitative estimate of drug-likeness (QED) is 0.825. The Morgan fingerprint density at radius 3 is 2.65 bits per heavy atom. The molecule has 1 atom stereocenters. The number of halogens is 1. The van der Waals surface area contributed by atoms with Gasteiger partial charge >= 0.3 is 0 Å². The van der Waals surface area contributed by atoms with Gasteiger partial charge in [-0.15, -0.1) is 11.8 Å². The number of anilines is 1. The molecule has 1 N–H and O–H groups in total. The molecule has 2 aromatic rings. The van der Waals surface area contributed by atoms with E-state index in [1.807, 2.05) is 62.4 Å². The van der Waals surface area contributed by atoms with Crippen molar-refractivity contribution in [3.8, 4) is 0 Å². The maximum Gasteiger partial charge on any atom is 0.237 e. The number of benzene rings is 2. The average Bonchev–Trinajstić information content (AvgIpc) is 2.41. The third-order valence-corrected chi connectivity index (χ3v) is 4.41. The predicted octanol–water partition coefficient (Wildman–Crippen LogP) is 4.77. The molecule has 0 aliphatic heterocycles. The predicted molar refractivity (Wildman–Crippen MR) is 86.6 cm³/mol. The molecule has 2 nitrogen and oxygen atoms in total.